The Bertz CT molecular complexity index is 745. The number of carbonyl (C=O) groups excluding carboxylic acids is 1. The molecule has 0 atom stereocenters. The number of halogens is 1. The van der Waals surface area contributed by atoms with Crippen molar-refractivity contribution in [2.75, 3.05) is 14.2 Å². The van der Waals surface area contributed by atoms with Crippen molar-refractivity contribution < 1.29 is 19.4 Å². The molecule has 2 aromatic carbocycles. The topological polar surface area (TPSA) is 80.2 Å². The van der Waals surface area contributed by atoms with E-state index in [9.17, 15) is 9.90 Å². The van der Waals surface area contributed by atoms with Crippen molar-refractivity contribution in [2.24, 2.45) is 5.10 Å². The number of nitrogens with one attached hydrogen (secondary N) is 1. The van der Waals surface area contributed by atoms with Crippen LogP contribution in [0.3, 0.4) is 0 Å². The molecule has 0 spiro atoms. The molecule has 0 aliphatic carbocycles. The van der Waals surface area contributed by atoms with E-state index < -0.39 is 0 Å². The fourth-order valence-electron chi connectivity index (χ4n) is 1.97. The van der Waals surface area contributed by atoms with Crippen LogP contribution < -0.4 is 14.9 Å². The predicted octanol–water partition coefficient (Wildman–Crippen LogP) is 2.86. The van der Waals surface area contributed by atoms with Crippen LogP contribution in [0.15, 0.2) is 46.0 Å². The lowest BCUT2D eigenvalue weighted by Crippen LogP contribution is -2.19. The number of hydrazone groups is 1. The lowest BCUT2D eigenvalue weighted by atomic mass is 10.1. The third-order valence-electron chi connectivity index (χ3n) is 3.20. The van der Waals surface area contributed by atoms with E-state index in [4.69, 9.17) is 9.47 Å². The number of aromatic hydroxyl groups is 1. The number of carbonyl (C=O) groups is 1. The first-order valence-corrected chi connectivity index (χ1v) is 7.84. The highest BCUT2D eigenvalue weighted by atomic mass is 79.9. The van der Waals surface area contributed by atoms with Crippen molar-refractivity contribution in [1.29, 1.82) is 0 Å². The van der Waals surface area contributed by atoms with Gasteiger partial charge in [-0.25, -0.2) is 5.43 Å². The number of methoxy groups -OCH3 is 2. The molecular weight excluding hydrogens is 376 g/mol. The van der Waals surface area contributed by atoms with Crippen LogP contribution in [0.2, 0.25) is 0 Å². The number of amides is 1. The molecule has 6 nitrogen and oxygen atoms in total. The minimum Gasteiger partial charge on any atom is -0.503 e. The molecule has 24 heavy (non-hydrogen) atoms. The van der Waals surface area contributed by atoms with Gasteiger partial charge in [-0.3, -0.25) is 4.79 Å². The standard InChI is InChI=1S/C17H17BrN2O4/c1-23-13-5-3-11(4-6-13)9-16(21)20-19-10-12-7-14(18)17(22)15(8-12)24-2/h3-8,10,22H,9H2,1-2H3,(H,20,21)/b19-10+. The highest BCUT2D eigenvalue weighted by Gasteiger charge is 2.07. The Hall–Kier alpha value is -2.54. The van der Waals surface area contributed by atoms with Crippen molar-refractivity contribution >= 4 is 28.1 Å². The monoisotopic (exact) mass is 392 g/mol. The van der Waals surface area contributed by atoms with Gasteiger partial charge in [-0.15, -0.1) is 0 Å². The molecule has 0 aliphatic heterocycles. The van der Waals surface area contributed by atoms with Crippen molar-refractivity contribution in [1.82, 2.24) is 5.43 Å². The van der Waals surface area contributed by atoms with E-state index in [-0.39, 0.29) is 18.1 Å². The van der Waals surface area contributed by atoms with Crippen molar-refractivity contribution in [2.45, 2.75) is 6.42 Å². The first-order chi connectivity index (χ1) is 11.5. The molecule has 0 heterocycles. The van der Waals surface area contributed by atoms with E-state index in [0.717, 1.165) is 11.3 Å². The van der Waals surface area contributed by atoms with Gasteiger partial charge >= 0.3 is 0 Å². The molecule has 2 aromatic rings. The minimum atomic E-state index is -0.235. The second kappa shape index (κ2) is 8.35. The number of ether oxygens (including phenoxy) is 2. The summed E-state index contributed by atoms with van der Waals surface area (Å²) in [5.41, 5.74) is 3.99. The lowest BCUT2D eigenvalue weighted by Gasteiger charge is -2.06. The van der Waals surface area contributed by atoms with E-state index in [1.54, 1.807) is 31.4 Å². The molecule has 2 N–H and O–H groups in total. The summed E-state index contributed by atoms with van der Waals surface area (Å²) in [4.78, 5) is 11.9. The Morgan fingerprint density at radius 3 is 2.58 bits per heavy atom. The Labute approximate surface area is 148 Å². The van der Waals surface area contributed by atoms with Crippen LogP contribution in [-0.2, 0) is 11.2 Å². The summed E-state index contributed by atoms with van der Waals surface area (Å²) in [5.74, 6) is 0.832. The molecule has 7 heteroatoms. The van der Waals surface area contributed by atoms with Gasteiger partial charge in [-0.1, -0.05) is 12.1 Å². The highest BCUT2D eigenvalue weighted by Crippen LogP contribution is 2.34. The summed E-state index contributed by atoms with van der Waals surface area (Å²) in [6.07, 6.45) is 1.68. The maximum Gasteiger partial charge on any atom is 0.244 e. The van der Waals surface area contributed by atoms with Gasteiger partial charge in [0.1, 0.15) is 5.75 Å². The quantitative estimate of drug-likeness (QED) is 0.584. The van der Waals surface area contributed by atoms with Crippen molar-refractivity contribution in [3.8, 4) is 17.2 Å². The molecule has 0 saturated heterocycles. The number of rotatable bonds is 6. The van der Waals surface area contributed by atoms with E-state index in [1.807, 2.05) is 12.1 Å². The zero-order chi connectivity index (χ0) is 17.5. The Kier molecular flexibility index (Phi) is 6.20. The second-order valence-electron chi connectivity index (χ2n) is 4.87. The molecule has 1 amide bonds. The highest BCUT2D eigenvalue weighted by molar-refractivity contribution is 9.10. The van der Waals surface area contributed by atoms with Gasteiger partial charge in [-0.05, 0) is 51.3 Å². The number of benzene rings is 2. The van der Waals surface area contributed by atoms with Crippen molar-refractivity contribution in [3.63, 3.8) is 0 Å². The van der Waals surface area contributed by atoms with Crippen LogP contribution in [0.4, 0.5) is 0 Å². The molecular formula is C17H17BrN2O4. The van der Waals surface area contributed by atoms with Gasteiger partial charge in [0.15, 0.2) is 11.5 Å². The van der Waals surface area contributed by atoms with Crippen LogP contribution in [0.5, 0.6) is 17.2 Å². The van der Waals surface area contributed by atoms with E-state index >= 15 is 0 Å². The zero-order valence-corrected chi connectivity index (χ0v) is 14.8. The molecule has 2 rings (SSSR count). The molecule has 0 radical (unpaired) electrons. The van der Waals surface area contributed by atoms with Gasteiger partial charge in [0.25, 0.3) is 0 Å². The summed E-state index contributed by atoms with van der Waals surface area (Å²) in [6, 6.07) is 10.5. The third kappa shape index (κ3) is 4.73. The second-order valence-corrected chi connectivity index (χ2v) is 5.73. The van der Waals surface area contributed by atoms with E-state index in [1.165, 1.54) is 13.3 Å². The lowest BCUT2D eigenvalue weighted by molar-refractivity contribution is -0.120. The normalized spacial score (nSPS) is 10.6. The van der Waals surface area contributed by atoms with Crippen LogP contribution in [0.1, 0.15) is 11.1 Å². The number of phenols is 1. The first-order valence-electron chi connectivity index (χ1n) is 7.05. The maximum atomic E-state index is 11.9. The molecule has 0 fully saturated rings. The Balaban J connectivity index is 1.95. The average molecular weight is 393 g/mol. The van der Waals surface area contributed by atoms with E-state index in [0.29, 0.717) is 15.8 Å². The van der Waals surface area contributed by atoms with Crippen LogP contribution in [0.25, 0.3) is 0 Å². The van der Waals surface area contributed by atoms with Crippen molar-refractivity contribution in [3.05, 3.63) is 52.0 Å². The SMILES string of the molecule is COc1ccc(CC(=O)N/N=C/c2cc(Br)c(O)c(OC)c2)cc1. The summed E-state index contributed by atoms with van der Waals surface area (Å²) >= 11 is 3.23. The van der Waals surface area contributed by atoms with Gasteiger partial charge in [-0.2, -0.15) is 5.10 Å². The Morgan fingerprint density at radius 1 is 1.25 bits per heavy atom. The van der Waals surface area contributed by atoms with E-state index in [2.05, 4.69) is 26.5 Å². The zero-order valence-electron chi connectivity index (χ0n) is 13.2. The fourth-order valence-corrected chi connectivity index (χ4v) is 2.43. The smallest absolute Gasteiger partial charge is 0.244 e. The number of phenolic OH excluding ortho intramolecular Hbond substituents is 1. The van der Waals surface area contributed by atoms with Gasteiger partial charge in [0, 0.05) is 0 Å². The molecule has 0 saturated carbocycles. The van der Waals surface area contributed by atoms with Gasteiger partial charge < -0.3 is 14.6 Å². The fraction of sp³-hybridized carbons (Fsp3) is 0.176. The molecule has 0 bridgehead atoms. The maximum absolute atomic E-state index is 11.9. The van der Waals surface area contributed by atoms with Crippen LogP contribution in [-0.4, -0.2) is 31.4 Å². The predicted molar refractivity (Wildman–Crippen MR) is 94.8 cm³/mol. The van der Waals surface area contributed by atoms with Crippen LogP contribution in [0, 0.1) is 0 Å². The average Bonchev–Trinajstić information content (AvgIpc) is 2.58. The molecule has 0 unspecified atom stereocenters. The largest absolute Gasteiger partial charge is 0.503 e. The summed E-state index contributed by atoms with van der Waals surface area (Å²) < 4.78 is 10.6. The number of hydrogen-bond donors (Lipinski definition) is 2. The summed E-state index contributed by atoms with van der Waals surface area (Å²) in [7, 11) is 3.05. The summed E-state index contributed by atoms with van der Waals surface area (Å²) in [5, 5.41) is 13.7. The number of nitrogens with zero attached hydrogens (tertiary/aromatic N) is 1. The number of hydrogen-bond acceptors (Lipinski definition) is 5. The van der Waals surface area contributed by atoms with Gasteiger partial charge in [0.05, 0.1) is 31.3 Å². The third-order valence-corrected chi connectivity index (χ3v) is 3.80. The molecule has 126 valence electrons. The molecule has 0 aliphatic rings. The minimum absolute atomic E-state index is 0.0122. The Morgan fingerprint density at radius 2 is 1.96 bits per heavy atom. The van der Waals surface area contributed by atoms with Crippen LogP contribution >= 0.6 is 15.9 Å². The molecule has 0 aromatic heterocycles. The summed E-state index contributed by atoms with van der Waals surface area (Å²) in [6.45, 7) is 0. The van der Waals surface area contributed by atoms with Gasteiger partial charge in [0.2, 0.25) is 5.91 Å². The first kappa shape index (κ1) is 17.8.